The first-order valence-electron chi connectivity index (χ1n) is 17.5. The second kappa shape index (κ2) is 15.4. The topological polar surface area (TPSA) is 173 Å². The Balaban J connectivity index is 1.31. The van der Waals surface area contributed by atoms with E-state index in [1.165, 1.54) is 18.1 Å². The summed E-state index contributed by atoms with van der Waals surface area (Å²) in [6.45, 7) is 6.91. The predicted octanol–water partition coefficient (Wildman–Crippen LogP) is 3.47. The van der Waals surface area contributed by atoms with E-state index >= 15 is 0 Å². The van der Waals surface area contributed by atoms with Crippen LogP contribution in [-0.4, -0.2) is 95.1 Å². The van der Waals surface area contributed by atoms with Gasteiger partial charge in [-0.05, 0) is 82.3 Å². The van der Waals surface area contributed by atoms with E-state index in [1.54, 1.807) is 49.1 Å². The van der Waals surface area contributed by atoms with E-state index in [-0.39, 0.29) is 61.2 Å². The van der Waals surface area contributed by atoms with Crippen LogP contribution >= 0.6 is 0 Å². The molecule has 4 aliphatic rings. The van der Waals surface area contributed by atoms with Crippen LogP contribution in [-0.2, 0) is 36.9 Å². The van der Waals surface area contributed by atoms with E-state index in [2.05, 4.69) is 15.6 Å². The zero-order chi connectivity index (χ0) is 36.2. The number of amides is 4. The minimum absolute atomic E-state index is 0.00256. The third-order valence-electron chi connectivity index (χ3n) is 9.87. The summed E-state index contributed by atoms with van der Waals surface area (Å²) in [7, 11) is 1.50. The van der Waals surface area contributed by atoms with Crippen LogP contribution in [0, 0.1) is 12.8 Å². The lowest BCUT2D eigenvalue weighted by molar-refractivity contribution is -0.142. The Kier molecular flexibility index (Phi) is 10.8. The number of nitrogens with zero attached hydrogens (tertiary/aromatic N) is 3. The third kappa shape index (κ3) is 7.80. The van der Waals surface area contributed by atoms with Crippen LogP contribution in [0.2, 0.25) is 0 Å². The summed E-state index contributed by atoms with van der Waals surface area (Å²) in [6.07, 6.45) is 1.88. The lowest BCUT2D eigenvalue weighted by Gasteiger charge is -2.33. The molecule has 0 saturated carbocycles. The molecule has 14 heteroatoms. The minimum Gasteiger partial charge on any atom is -0.504 e. The second-order valence-electron chi connectivity index (χ2n) is 13.2. The quantitative estimate of drug-likeness (QED) is 0.365. The van der Waals surface area contributed by atoms with Crippen molar-refractivity contribution in [2.24, 2.45) is 5.92 Å². The number of hydrogen-bond donors (Lipinski definition) is 3. The van der Waals surface area contributed by atoms with Crippen LogP contribution in [0.1, 0.15) is 56.5 Å². The molecular weight excluding hydrogens is 658 g/mol. The number of carbonyl (C=O) groups excluding carboxylic acids is 4. The Labute approximate surface area is 296 Å². The van der Waals surface area contributed by atoms with E-state index in [1.807, 2.05) is 6.92 Å². The van der Waals surface area contributed by atoms with Gasteiger partial charge >= 0.3 is 0 Å². The number of methoxy groups -OCH3 is 1. The van der Waals surface area contributed by atoms with Crippen molar-refractivity contribution in [2.75, 3.05) is 33.4 Å². The Hall–Kier alpha value is -5.11. The Morgan fingerprint density at radius 1 is 1.10 bits per heavy atom. The molecule has 4 aliphatic heterocycles. The van der Waals surface area contributed by atoms with Crippen LogP contribution in [0.25, 0.3) is 11.5 Å². The number of oxazole rings is 1. The standard InChI is InChI=1S/C37H45N5O9/c1-5-41(37(47)24-12-14-49-15-13-24)26-18-28-34(45)38-19-27-22(3)50-35(40-27)25-8-10-30(32(17-25)48-4)51-31-16-23(6-9-29(31)43)7-11-33(44)39-21(2)36(46)42(28)20-26/h6,8-10,16-17,21,24,26,28,43H,5,7,11-15,18-20H2,1-4H3,(H,38,45)(H,39,44)/t21-,26+,28+/m1/s1. The molecule has 3 N–H and O–H groups in total. The first kappa shape index (κ1) is 35.7. The molecule has 3 aromatic rings. The van der Waals surface area contributed by atoms with E-state index in [4.69, 9.17) is 18.6 Å². The minimum atomic E-state index is -0.931. The molecule has 3 atom stereocenters. The largest absolute Gasteiger partial charge is 0.504 e. The number of aryl methyl sites for hydroxylation is 2. The second-order valence-corrected chi connectivity index (χ2v) is 13.2. The summed E-state index contributed by atoms with van der Waals surface area (Å²) in [4.78, 5) is 62.5. The number of likely N-dealkylation sites (N-methyl/N-ethyl adjacent to an activating group) is 1. The number of aromatic nitrogens is 1. The number of carbonyl (C=O) groups is 4. The Bertz CT molecular complexity index is 1790. The number of rotatable bonds is 4. The molecular formula is C37H45N5O9. The van der Waals surface area contributed by atoms with Crippen molar-refractivity contribution >= 4 is 23.6 Å². The molecule has 0 unspecified atom stereocenters. The van der Waals surface area contributed by atoms with Crippen molar-refractivity contribution in [2.45, 2.75) is 77.5 Å². The van der Waals surface area contributed by atoms with Crippen LogP contribution in [0.5, 0.6) is 23.0 Å². The number of hydrogen-bond acceptors (Lipinski definition) is 10. The number of aromatic hydroxyl groups is 1. The van der Waals surface area contributed by atoms with Gasteiger partial charge in [-0.15, -0.1) is 0 Å². The van der Waals surface area contributed by atoms with Gasteiger partial charge in [0, 0.05) is 44.2 Å². The van der Waals surface area contributed by atoms with Gasteiger partial charge < -0.3 is 44.2 Å². The molecule has 6 bridgehead atoms. The summed E-state index contributed by atoms with van der Waals surface area (Å²) >= 11 is 0. The number of phenolic OH excluding ortho intramolecular Hbond substituents is 1. The first-order valence-corrected chi connectivity index (χ1v) is 17.5. The molecule has 4 amide bonds. The van der Waals surface area contributed by atoms with Crippen LogP contribution < -0.4 is 20.1 Å². The SMILES string of the molecule is CCN(C(=O)C1CCOCC1)[C@H]1C[C@H]2C(=O)NCc3nc(oc3C)-c3ccc(c(OC)c3)Oc3cc(ccc3O)CCC(=O)N[C@H](C)C(=O)N2C1. The van der Waals surface area contributed by atoms with Gasteiger partial charge in [-0.2, -0.15) is 0 Å². The van der Waals surface area contributed by atoms with Gasteiger partial charge in [0.25, 0.3) is 0 Å². The van der Waals surface area contributed by atoms with E-state index in [9.17, 15) is 24.3 Å². The number of ether oxygens (including phenoxy) is 3. The summed E-state index contributed by atoms with van der Waals surface area (Å²) in [5.74, 6) is 0.272. The summed E-state index contributed by atoms with van der Waals surface area (Å²) < 4.78 is 23.1. The zero-order valence-electron chi connectivity index (χ0n) is 29.4. The highest BCUT2D eigenvalue weighted by Crippen LogP contribution is 2.39. The van der Waals surface area contributed by atoms with Crippen molar-refractivity contribution in [3.63, 3.8) is 0 Å². The lowest BCUT2D eigenvalue weighted by Crippen LogP contribution is -2.53. The molecule has 51 heavy (non-hydrogen) atoms. The molecule has 0 spiro atoms. The van der Waals surface area contributed by atoms with E-state index in [0.29, 0.717) is 73.4 Å². The maximum atomic E-state index is 14.0. The summed E-state index contributed by atoms with van der Waals surface area (Å²) in [6, 6.07) is 7.76. The maximum absolute atomic E-state index is 14.0. The molecule has 1 aromatic heterocycles. The van der Waals surface area contributed by atoms with Crippen molar-refractivity contribution in [1.29, 1.82) is 0 Å². The maximum Gasteiger partial charge on any atom is 0.245 e. The number of phenols is 1. The molecule has 2 saturated heterocycles. The average Bonchev–Trinajstić information content (AvgIpc) is 3.74. The van der Waals surface area contributed by atoms with Gasteiger partial charge in [0.15, 0.2) is 23.0 Å². The van der Waals surface area contributed by atoms with Gasteiger partial charge in [0.05, 0.1) is 19.7 Å². The molecule has 2 fully saturated rings. The highest BCUT2D eigenvalue weighted by Gasteiger charge is 2.44. The number of benzene rings is 2. The molecule has 0 aliphatic carbocycles. The van der Waals surface area contributed by atoms with Gasteiger partial charge in [-0.1, -0.05) is 6.07 Å². The van der Waals surface area contributed by atoms with Gasteiger partial charge in [0.1, 0.15) is 23.5 Å². The number of nitrogens with one attached hydrogen (secondary N) is 2. The fourth-order valence-electron chi connectivity index (χ4n) is 6.99. The highest BCUT2D eigenvalue weighted by atomic mass is 16.5. The molecule has 2 aromatic carbocycles. The summed E-state index contributed by atoms with van der Waals surface area (Å²) in [5, 5.41) is 16.3. The Morgan fingerprint density at radius 3 is 2.63 bits per heavy atom. The molecule has 0 radical (unpaired) electrons. The van der Waals surface area contributed by atoms with E-state index < -0.39 is 23.9 Å². The third-order valence-corrected chi connectivity index (χ3v) is 9.87. The molecule has 5 heterocycles. The highest BCUT2D eigenvalue weighted by molar-refractivity contribution is 5.93. The predicted molar refractivity (Wildman–Crippen MR) is 184 cm³/mol. The first-order chi connectivity index (χ1) is 24.6. The normalized spacial score (nSPS) is 21.8. The monoisotopic (exact) mass is 703 g/mol. The zero-order valence-corrected chi connectivity index (χ0v) is 29.4. The molecule has 7 rings (SSSR count). The number of fused-ring (bicyclic) bond motifs is 9. The van der Waals surface area contributed by atoms with Crippen molar-refractivity contribution in [3.8, 4) is 34.5 Å². The van der Waals surface area contributed by atoms with Crippen LogP contribution in [0.4, 0.5) is 0 Å². The van der Waals surface area contributed by atoms with Crippen LogP contribution in [0.3, 0.4) is 0 Å². The van der Waals surface area contributed by atoms with Gasteiger partial charge in [-0.25, -0.2) is 4.98 Å². The van der Waals surface area contributed by atoms with Crippen LogP contribution in [0.15, 0.2) is 40.8 Å². The fourth-order valence-corrected chi connectivity index (χ4v) is 6.99. The molecule has 272 valence electrons. The van der Waals surface area contributed by atoms with E-state index in [0.717, 1.165) is 5.56 Å². The van der Waals surface area contributed by atoms with Gasteiger partial charge in [-0.3, -0.25) is 19.2 Å². The fraction of sp³-hybridized carbons (Fsp3) is 0.486. The Morgan fingerprint density at radius 2 is 1.88 bits per heavy atom. The average molecular weight is 704 g/mol. The summed E-state index contributed by atoms with van der Waals surface area (Å²) in [5.41, 5.74) is 1.83. The van der Waals surface area contributed by atoms with Crippen molar-refractivity contribution in [1.82, 2.24) is 25.4 Å². The smallest absolute Gasteiger partial charge is 0.245 e. The van der Waals surface area contributed by atoms with Crippen molar-refractivity contribution < 1.29 is 42.9 Å². The lowest BCUT2D eigenvalue weighted by atomic mass is 9.97. The van der Waals surface area contributed by atoms with Crippen molar-refractivity contribution in [3.05, 3.63) is 53.4 Å². The molecule has 14 nitrogen and oxygen atoms in total. The van der Waals surface area contributed by atoms with Gasteiger partial charge in [0.2, 0.25) is 29.5 Å².